The molecule has 4 rings (SSSR count). The number of rotatable bonds is 4. The van der Waals surface area contributed by atoms with Crippen molar-refractivity contribution in [3.8, 4) is 0 Å². The summed E-state index contributed by atoms with van der Waals surface area (Å²) in [5.41, 5.74) is 0.405. The van der Waals surface area contributed by atoms with Crippen LogP contribution in [0.25, 0.3) is 0 Å². The Morgan fingerprint density at radius 1 is 0.862 bits per heavy atom. The number of benzene rings is 1. The van der Waals surface area contributed by atoms with Gasteiger partial charge in [0.1, 0.15) is 5.54 Å². The van der Waals surface area contributed by atoms with E-state index < -0.39 is 5.54 Å². The first-order valence-electron chi connectivity index (χ1n) is 11.0. The molecule has 3 heterocycles. The summed E-state index contributed by atoms with van der Waals surface area (Å²) in [5.74, 6) is 0.0954. The van der Waals surface area contributed by atoms with Crippen LogP contribution in [0.1, 0.15) is 56.9 Å². The molecule has 6 nitrogen and oxygen atoms in total. The van der Waals surface area contributed by atoms with E-state index in [4.69, 9.17) is 0 Å². The maximum atomic E-state index is 13.5. The third kappa shape index (κ3) is 4.02. The molecule has 3 amide bonds. The fourth-order valence-electron chi connectivity index (χ4n) is 5.20. The second-order valence-electron chi connectivity index (χ2n) is 8.62. The van der Waals surface area contributed by atoms with Crippen LogP contribution in [0.2, 0.25) is 0 Å². The van der Waals surface area contributed by atoms with Gasteiger partial charge in [-0.15, -0.1) is 0 Å². The lowest BCUT2D eigenvalue weighted by Gasteiger charge is -2.45. The number of amides is 3. The second-order valence-corrected chi connectivity index (χ2v) is 8.62. The summed E-state index contributed by atoms with van der Waals surface area (Å²) in [6.07, 6.45) is 6.65. The number of nitrogens with zero attached hydrogens (tertiary/aromatic N) is 3. The molecule has 1 unspecified atom stereocenters. The number of hydrogen-bond donors (Lipinski definition) is 0. The van der Waals surface area contributed by atoms with Gasteiger partial charge in [-0.05, 0) is 44.1 Å². The van der Waals surface area contributed by atoms with Crippen LogP contribution in [0, 0.1) is 0 Å². The van der Waals surface area contributed by atoms with Gasteiger partial charge in [-0.3, -0.25) is 14.4 Å². The van der Waals surface area contributed by atoms with Crippen LogP contribution in [0.3, 0.4) is 0 Å². The molecule has 156 valence electrons. The standard InChI is InChI=1S/C23H31N3O3/c27-20-11-5-2-6-14-24(20)18-21(28)26-16-8-13-23(26)12-7-15-25(22(23)29)17-19-9-3-1-4-10-19/h1,3-4,9-10H,2,5-8,11-18H2. The summed E-state index contributed by atoms with van der Waals surface area (Å²) in [4.78, 5) is 44.5. The highest BCUT2D eigenvalue weighted by Gasteiger charge is 2.52. The molecule has 3 aliphatic rings. The first kappa shape index (κ1) is 19.9. The molecular formula is C23H31N3O3. The second kappa shape index (κ2) is 8.56. The predicted octanol–water partition coefficient (Wildman–Crippen LogP) is 2.57. The van der Waals surface area contributed by atoms with Crippen LogP contribution < -0.4 is 0 Å². The third-order valence-corrected chi connectivity index (χ3v) is 6.71. The Balaban J connectivity index is 1.48. The van der Waals surface area contributed by atoms with E-state index in [2.05, 4.69) is 0 Å². The SMILES string of the molecule is O=C1CCCCCN1CC(=O)N1CCCC12CCCN(Cc1ccccc1)C2=O. The van der Waals surface area contributed by atoms with E-state index in [0.717, 1.165) is 57.1 Å². The van der Waals surface area contributed by atoms with Gasteiger partial charge in [-0.2, -0.15) is 0 Å². The zero-order valence-corrected chi connectivity index (χ0v) is 17.1. The van der Waals surface area contributed by atoms with Crippen molar-refractivity contribution in [3.63, 3.8) is 0 Å². The Morgan fingerprint density at radius 2 is 1.59 bits per heavy atom. The number of piperidine rings is 1. The molecule has 1 spiro atoms. The fourth-order valence-corrected chi connectivity index (χ4v) is 5.20. The van der Waals surface area contributed by atoms with Gasteiger partial charge in [0.05, 0.1) is 6.54 Å². The van der Waals surface area contributed by atoms with Crippen molar-refractivity contribution < 1.29 is 14.4 Å². The van der Waals surface area contributed by atoms with Crippen molar-refractivity contribution in [1.29, 1.82) is 0 Å². The maximum Gasteiger partial charge on any atom is 0.248 e. The minimum absolute atomic E-state index is 0.0624. The smallest absolute Gasteiger partial charge is 0.248 e. The molecule has 1 aromatic rings. The summed E-state index contributed by atoms with van der Waals surface area (Å²) < 4.78 is 0. The minimum Gasteiger partial charge on any atom is -0.336 e. The highest BCUT2D eigenvalue weighted by Crippen LogP contribution is 2.39. The number of likely N-dealkylation sites (tertiary alicyclic amines) is 3. The quantitative estimate of drug-likeness (QED) is 0.785. The van der Waals surface area contributed by atoms with E-state index in [1.54, 1.807) is 4.90 Å². The first-order chi connectivity index (χ1) is 14.1. The Bertz CT molecular complexity index is 766. The van der Waals surface area contributed by atoms with E-state index >= 15 is 0 Å². The van der Waals surface area contributed by atoms with Gasteiger partial charge in [-0.25, -0.2) is 0 Å². The normalized spacial score (nSPS) is 25.6. The van der Waals surface area contributed by atoms with Crippen LogP contribution in [-0.4, -0.2) is 64.1 Å². The summed E-state index contributed by atoms with van der Waals surface area (Å²) in [6, 6.07) is 10.0. The largest absolute Gasteiger partial charge is 0.336 e. The van der Waals surface area contributed by atoms with Gasteiger partial charge in [0.25, 0.3) is 0 Å². The number of hydrogen-bond acceptors (Lipinski definition) is 3. The zero-order chi connectivity index (χ0) is 20.3. The van der Waals surface area contributed by atoms with E-state index in [9.17, 15) is 14.4 Å². The van der Waals surface area contributed by atoms with Crippen molar-refractivity contribution in [2.24, 2.45) is 0 Å². The number of carbonyl (C=O) groups is 3. The van der Waals surface area contributed by atoms with Gasteiger partial charge in [0.2, 0.25) is 17.7 Å². The van der Waals surface area contributed by atoms with Gasteiger partial charge in [-0.1, -0.05) is 36.8 Å². The molecule has 0 saturated carbocycles. The highest BCUT2D eigenvalue weighted by atomic mass is 16.2. The average molecular weight is 398 g/mol. The fraction of sp³-hybridized carbons (Fsp3) is 0.609. The Morgan fingerprint density at radius 3 is 2.38 bits per heavy atom. The summed E-state index contributed by atoms with van der Waals surface area (Å²) in [6.45, 7) is 2.72. The molecule has 3 fully saturated rings. The molecule has 0 bridgehead atoms. The van der Waals surface area contributed by atoms with Crippen LogP contribution >= 0.6 is 0 Å². The first-order valence-corrected chi connectivity index (χ1v) is 11.0. The van der Waals surface area contributed by atoms with Crippen LogP contribution in [0.5, 0.6) is 0 Å². The van der Waals surface area contributed by atoms with E-state index in [-0.39, 0.29) is 24.3 Å². The molecule has 1 atom stereocenters. The predicted molar refractivity (Wildman–Crippen MR) is 110 cm³/mol. The van der Waals surface area contributed by atoms with Gasteiger partial charge in [0.15, 0.2) is 0 Å². The molecule has 3 aliphatic heterocycles. The van der Waals surface area contributed by atoms with Gasteiger partial charge in [0, 0.05) is 32.6 Å². The van der Waals surface area contributed by atoms with Crippen molar-refractivity contribution in [1.82, 2.24) is 14.7 Å². The molecule has 3 saturated heterocycles. The van der Waals surface area contributed by atoms with Crippen molar-refractivity contribution >= 4 is 17.7 Å². The molecule has 6 heteroatoms. The van der Waals surface area contributed by atoms with E-state index in [0.29, 0.717) is 26.1 Å². The lowest BCUT2D eigenvalue weighted by Crippen LogP contribution is -2.62. The molecule has 29 heavy (non-hydrogen) atoms. The Labute approximate surface area is 172 Å². The lowest BCUT2D eigenvalue weighted by atomic mass is 9.85. The third-order valence-electron chi connectivity index (χ3n) is 6.71. The maximum absolute atomic E-state index is 13.5. The Hall–Kier alpha value is -2.37. The highest BCUT2D eigenvalue weighted by molar-refractivity contribution is 5.94. The van der Waals surface area contributed by atoms with Crippen molar-refractivity contribution in [2.75, 3.05) is 26.2 Å². The minimum atomic E-state index is -0.709. The topological polar surface area (TPSA) is 60.9 Å². The average Bonchev–Trinajstić information content (AvgIpc) is 3.05. The zero-order valence-electron chi connectivity index (χ0n) is 17.1. The molecule has 1 aromatic carbocycles. The van der Waals surface area contributed by atoms with E-state index in [1.165, 1.54) is 0 Å². The molecule has 0 aliphatic carbocycles. The van der Waals surface area contributed by atoms with Crippen LogP contribution in [0.4, 0.5) is 0 Å². The number of carbonyl (C=O) groups excluding carboxylic acids is 3. The Kier molecular flexibility index (Phi) is 5.88. The summed E-state index contributed by atoms with van der Waals surface area (Å²) >= 11 is 0. The van der Waals surface area contributed by atoms with Gasteiger partial charge >= 0.3 is 0 Å². The summed E-state index contributed by atoms with van der Waals surface area (Å²) in [5, 5.41) is 0. The van der Waals surface area contributed by atoms with E-state index in [1.807, 2.05) is 40.1 Å². The molecular weight excluding hydrogens is 366 g/mol. The molecule has 0 radical (unpaired) electrons. The summed E-state index contributed by atoms with van der Waals surface area (Å²) in [7, 11) is 0. The van der Waals surface area contributed by atoms with Crippen molar-refractivity contribution in [3.05, 3.63) is 35.9 Å². The van der Waals surface area contributed by atoms with Crippen molar-refractivity contribution in [2.45, 2.75) is 63.5 Å². The van der Waals surface area contributed by atoms with Crippen LogP contribution in [0.15, 0.2) is 30.3 Å². The molecule has 0 aromatic heterocycles. The lowest BCUT2D eigenvalue weighted by molar-refractivity contribution is -0.157. The van der Waals surface area contributed by atoms with Crippen LogP contribution in [-0.2, 0) is 20.9 Å². The van der Waals surface area contributed by atoms with Gasteiger partial charge < -0.3 is 14.7 Å². The molecule has 0 N–H and O–H groups in total. The monoisotopic (exact) mass is 397 g/mol.